The van der Waals surface area contributed by atoms with Gasteiger partial charge < -0.3 is 5.11 Å². The van der Waals surface area contributed by atoms with E-state index in [4.69, 9.17) is 11.6 Å². The van der Waals surface area contributed by atoms with E-state index in [2.05, 4.69) is 4.90 Å². The number of carboxylic acids is 1. The molecule has 1 heterocycles. The van der Waals surface area contributed by atoms with Gasteiger partial charge in [-0.1, -0.05) is 30.2 Å². The standard InChI is InChI=1S/C14H18ClNO2/c15-12-6-4-11(5-7-12)8-10-16-9-2-1-3-13(16)14(17)18/h4-7,13H,1-3,8-10H2,(H,17,18). The lowest BCUT2D eigenvalue weighted by Gasteiger charge is -2.32. The third-order valence-electron chi connectivity index (χ3n) is 3.50. The Labute approximate surface area is 112 Å². The van der Waals surface area contributed by atoms with Gasteiger partial charge in [0.1, 0.15) is 6.04 Å². The number of aliphatic carboxylic acids is 1. The van der Waals surface area contributed by atoms with Crippen LogP contribution >= 0.6 is 11.6 Å². The molecule has 1 aliphatic rings. The van der Waals surface area contributed by atoms with E-state index in [0.717, 1.165) is 43.8 Å². The van der Waals surface area contributed by atoms with Crippen molar-refractivity contribution < 1.29 is 9.90 Å². The molecule has 0 spiro atoms. The number of benzene rings is 1. The van der Waals surface area contributed by atoms with Crippen molar-refractivity contribution >= 4 is 17.6 Å². The first-order chi connectivity index (χ1) is 8.66. The smallest absolute Gasteiger partial charge is 0.320 e. The lowest BCUT2D eigenvalue weighted by molar-refractivity contribution is -0.144. The fourth-order valence-corrected chi connectivity index (χ4v) is 2.59. The molecule has 0 radical (unpaired) electrons. The summed E-state index contributed by atoms with van der Waals surface area (Å²) in [5.74, 6) is -0.689. The number of hydrogen-bond donors (Lipinski definition) is 1. The van der Waals surface area contributed by atoms with E-state index in [1.807, 2.05) is 24.3 Å². The normalized spacial score (nSPS) is 20.8. The number of halogens is 1. The van der Waals surface area contributed by atoms with Crippen LogP contribution in [0.1, 0.15) is 24.8 Å². The maximum atomic E-state index is 11.2. The highest BCUT2D eigenvalue weighted by molar-refractivity contribution is 6.30. The van der Waals surface area contributed by atoms with Gasteiger partial charge in [0.05, 0.1) is 0 Å². The zero-order chi connectivity index (χ0) is 13.0. The molecule has 4 heteroatoms. The lowest BCUT2D eigenvalue weighted by Crippen LogP contribution is -2.45. The zero-order valence-electron chi connectivity index (χ0n) is 10.3. The van der Waals surface area contributed by atoms with Crippen LogP contribution in [0.25, 0.3) is 0 Å². The molecule has 0 aliphatic carbocycles. The summed E-state index contributed by atoms with van der Waals surface area (Å²) in [6.45, 7) is 1.70. The molecule has 0 bridgehead atoms. The van der Waals surface area contributed by atoms with Crippen molar-refractivity contribution in [3.05, 3.63) is 34.9 Å². The Hall–Kier alpha value is -1.06. The number of carbonyl (C=O) groups is 1. The second kappa shape index (κ2) is 6.21. The molecular formula is C14H18ClNO2. The van der Waals surface area contributed by atoms with Crippen molar-refractivity contribution in [1.82, 2.24) is 4.90 Å². The van der Waals surface area contributed by atoms with Crippen LogP contribution in [0.2, 0.25) is 5.02 Å². The van der Waals surface area contributed by atoms with Gasteiger partial charge in [-0.05, 0) is 43.5 Å². The largest absolute Gasteiger partial charge is 0.480 e. The quantitative estimate of drug-likeness (QED) is 0.912. The predicted molar refractivity (Wildman–Crippen MR) is 72.0 cm³/mol. The number of hydrogen-bond acceptors (Lipinski definition) is 2. The number of nitrogens with zero attached hydrogens (tertiary/aromatic N) is 1. The summed E-state index contributed by atoms with van der Waals surface area (Å²) in [4.78, 5) is 13.2. The van der Waals surface area contributed by atoms with Crippen molar-refractivity contribution in [2.24, 2.45) is 0 Å². The van der Waals surface area contributed by atoms with Gasteiger partial charge >= 0.3 is 5.97 Å². The summed E-state index contributed by atoms with van der Waals surface area (Å²) >= 11 is 5.84. The van der Waals surface area contributed by atoms with Crippen LogP contribution < -0.4 is 0 Å². The highest BCUT2D eigenvalue weighted by Gasteiger charge is 2.27. The minimum atomic E-state index is -0.689. The van der Waals surface area contributed by atoms with Crippen molar-refractivity contribution in [3.63, 3.8) is 0 Å². The molecular weight excluding hydrogens is 250 g/mol. The second-order valence-electron chi connectivity index (χ2n) is 4.76. The topological polar surface area (TPSA) is 40.5 Å². The van der Waals surface area contributed by atoms with Gasteiger partial charge in [-0.25, -0.2) is 0 Å². The Morgan fingerprint density at radius 1 is 1.33 bits per heavy atom. The molecule has 1 fully saturated rings. The SMILES string of the molecule is O=C(O)C1CCCCN1CCc1ccc(Cl)cc1. The number of rotatable bonds is 4. The first-order valence-corrected chi connectivity index (χ1v) is 6.76. The molecule has 1 saturated heterocycles. The van der Waals surface area contributed by atoms with Crippen LogP contribution in [0.4, 0.5) is 0 Å². The van der Waals surface area contributed by atoms with Crippen molar-refractivity contribution in [3.8, 4) is 0 Å². The Kier molecular flexibility index (Phi) is 4.61. The van der Waals surface area contributed by atoms with Crippen molar-refractivity contribution in [2.45, 2.75) is 31.7 Å². The molecule has 0 aromatic heterocycles. The number of carboxylic acid groups (broad SMARTS) is 1. The van der Waals surface area contributed by atoms with Gasteiger partial charge in [-0.2, -0.15) is 0 Å². The summed E-state index contributed by atoms with van der Waals surface area (Å²) in [6, 6.07) is 7.46. The summed E-state index contributed by atoms with van der Waals surface area (Å²) in [5.41, 5.74) is 1.20. The molecule has 1 aromatic rings. The minimum absolute atomic E-state index is 0.300. The molecule has 2 rings (SSSR count). The monoisotopic (exact) mass is 267 g/mol. The Morgan fingerprint density at radius 2 is 2.06 bits per heavy atom. The van der Waals surface area contributed by atoms with E-state index in [9.17, 15) is 9.90 Å². The predicted octanol–water partition coefficient (Wildman–Crippen LogP) is 2.82. The summed E-state index contributed by atoms with van der Waals surface area (Å²) in [6.07, 6.45) is 3.77. The fourth-order valence-electron chi connectivity index (χ4n) is 2.46. The van der Waals surface area contributed by atoms with Crippen LogP contribution in [-0.4, -0.2) is 35.1 Å². The van der Waals surface area contributed by atoms with Gasteiger partial charge in [-0.3, -0.25) is 9.69 Å². The van der Waals surface area contributed by atoms with E-state index in [1.54, 1.807) is 0 Å². The number of piperidine rings is 1. The van der Waals surface area contributed by atoms with Crippen LogP contribution in [0, 0.1) is 0 Å². The first-order valence-electron chi connectivity index (χ1n) is 6.38. The Morgan fingerprint density at radius 3 is 2.72 bits per heavy atom. The van der Waals surface area contributed by atoms with E-state index in [1.165, 1.54) is 5.56 Å². The van der Waals surface area contributed by atoms with Crippen LogP contribution in [-0.2, 0) is 11.2 Å². The average molecular weight is 268 g/mol. The molecule has 3 nitrogen and oxygen atoms in total. The Balaban J connectivity index is 1.91. The minimum Gasteiger partial charge on any atom is -0.480 e. The molecule has 0 amide bonds. The van der Waals surface area contributed by atoms with Crippen LogP contribution in [0.15, 0.2) is 24.3 Å². The highest BCUT2D eigenvalue weighted by atomic mass is 35.5. The number of likely N-dealkylation sites (tertiary alicyclic amines) is 1. The van der Waals surface area contributed by atoms with Crippen molar-refractivity contribution in [1.29, 1.82) is 0 Å². The zero-order valence-corrected chi connectivity index (χ0v) is 11.1. The van der Waals surface area contributed by atoms with Gasteiger partial charge in [0.15, 0.2) is 0 Å². The first kappa shape index (κ1) is 13.4. The van der Waals surface area contributed by atoms with Gasteiger partial charge in [0, 0.05) is 11.6 Å². The van der Waals surface area contributed by atoms with E-state index in [-0.39, 0.29) is 6.04 Å². The fraction of sp³-hybridized carbons (Fsp3) is 0.500. The molecule has 1 N–H and O–H groups in total. The summed E-state index contributed by atoms with van der Waals surface area (Å²) < 4.78 is 0. The van der Waals surface area contributed by atoms with Gasteiger partial charge in [0.25, 0.3) is 0 Å². The van der Waals surface area contributed by atoms with Crippen LogP contribution in [0.3, 0.4) is 0 Å². The van der Waals surface area contributed by atoms with E-state index in [0.29, 0.717) is 0 Å². The Bertz CT molecular complexity index is 405. The molecule has 1 aliphatic heterocycles. The summed E-state index contributed by atoms with van der Waals surface area (Å²) in [5, 5.41) is 9.92. The van der Waals surface area contributed by atoms with Gasteiger partial charge in [-0.15, -0.1) is 0 Å². The maximum absolute atomic E-state index is 11.2. The lowest BCUT2D eigenvalue weighted by atomic mass is 10.0. The van der Waals surface area contributed by atoms with Gasteiger partial charge in [0.2, 0.25) is 0 Å². The second-order valence-corrected chi connectivity index (χ2v) is 5.20. The molecule has 0 saturated carbocycles. The third kappa shape index (κ3) is 3.47. The molecule has 18 heavy (non-hydrogen) atoms. The molecule has 1 aromatic carbocycles. The molecule has 1 unspecified atom stereocenters. The average Bonchev–Trinajstić information content (AvgIpc) is 2.38. The third-order valence-corrected chi connectivity index (χ3v) is 3.75. The van der Waals surface area contributed by atoms with Crippen molar-refractivity contribution in [2.75, 3.05) is 13.1 Å². The van der Waals surface area contributed by atoms with Crippen LogP contribution in [0.5, 0.6) is 0 Å². The maximum Gasteiger partial charge on any atom is 0.320 e. The van der Waals surface area contributed by atoms with E-state index >= 15 is 0 Å². The summed E-state index contributed by atoms with van der Waals surface area (Å²) in [7, 11) is 0. The van der Waals surface area contributed by atoms with E-state index < -0.39 is 5.97 Å². The molecule has 1 atom stereocenters. The molecule has 98 valence electrons. The highest BCUT2D eigenvalue weighted by Crippen LogP contribution is 2.18.